The highest BCUT2D eigenvalue weighted by atomic mass is 35.5. The summed E-state index contributed by atoms with van der Waals surface area (Å²) in [5, 5.41) is 48.9. The third-order valence-electron chi connectivity index (χ3n) is 21.1. The van der Waals surface area contributed by atoms with Crippen molar-refractivity contribution in [3.63, 3.8) is 0 Å². The van der Waals surface area contributed by atoms with Gasteiger partial charge in [0.15, 0.2) is 0 Å². The van der Waals surface area contributed by atoms with E-state index in [1.165, 1.54) is 35.9 Å². The number of para-hydroxylation sites is 2. The summed E-state index contributed by atoms with van der Waals surface area (Å²) < 4.78 is 69.7. The Labute approximate surface area is 881 Å². The molecule has 6 heterocycles. The molecule has 0 saturated heterocycles. The Bertz CT molecular complexity index is 7710. The van der Waals surface area contributed by atoms with E-state index >= 15 is 0 Å². The summed E-state index contributed by atoms with van der Waals surface area (Å²) >= 11 is 23.8. The zero-order valence-corrected chi connectivity index (χ0v) is 84.4. The molecule has 0 bridgehead atoms. The minimum absolute atomic E-state index is 0.00154. The minimum Gasteiger partial charge on any atom is -0.457 e. The average Bonchev–Trinajstić information content (AvgIpc) is 0.809. The van der Waals surface area contributed by atoms with Gasteiger partial charge in [-0.25, -0.2) is 38.5 Å². The smallest absolute Gasteiger partial charge is 0.421 e. The lowest BCUT2D eigenvalue weighted by Gasteiger charge is -2.28. The van der Waals surface area contributed by atoms with Crippen LogP contribution in [0.3, 0.4) is 0 Å². The zero-order valence-electron chi connectivity index (χ0n) is 80.6. The van der Waals surface area contributed by atoms with Crippen LogP contribution in [0.25, 0.3) is 0 Å². The van der Waals surface area contributed by atoms with Gasteiger partial charge in [-0.3, -0.25) is 24.0 Å². The van der Waals surface area contributed by atoms with Crippen molar-refractivity contribution in [2.24, 2.45) is 5.14 Å². The van der Waals surface area contributed by atoms with E-state index in [1.807, 2.05) is 155 Å². The number of ether oxygens (including phenoxy) is 1. The molecular weight excluding hydrogens is 2020 g/mol. The van der Waals surface area contributed by atoms with Crippen LogP contribution in [0.2, 0.25) is 15.1 Å². The van der Waals surface area contributed by atoms with E-state index in [9.17, 15) is 45.6 Å². The predicted molar refractivity (Wildman–Crippen MR) is 589 cm³/mol. The van der Waals surface area contributed by atoms with Gasteiger partial charge in [-0.05, 0) is 264 Å². The fourth-order valence-corrected chi connectivity index (χ4v) is 14.9. The molecule has 42 heteroatoms. The number of primary sulfonamides is 1. The maximum absolute atomic E-state index is 13.6. The van der Waals surface area contributed by atoms with Gasteiger partial charge in [-0.15, -0.1) is 11.6 Å². The first kappa shape index (κ1) is 109. The normalized spacial score (nSPS) is 11.0. The highest BCUT2D eigenvalue weighted by molar-refractivity contribution is 7.89. The molecule has 0 spiro atoms. The largest absolute Gasteiger partial charge is 0.457 e. The fourth-order valence-electron chi connectivity index (χ4n) is 13.6. The van der Waals surface area contributed by atoms with Gasteiger partial charge >= 0.3 is 6.18 Å². The van der Waals surface area contributed by atoms with Crippen molar-refractivity contribution in [2.45, 2.75) is 51.7 Å². The maximum atomic E-state index is 13.6. The van der Waals surface area contributed by atoms with E-state index in [2.05, 4.69) is 157 Å². The topological polar surface area (TPSA) is 455 Å². The number of hydrogen-bond donors (Lipinski definition) is 15. The summed E-state index contributed by atoms with van der Waals surface area (Å²) in [6, 6.07) is 78.2. The number of nitrogens with one attached hydrogen (secondary N) is 14. The number of fused-ring (bicyclic) bond motifs is 1. The lowest BCUT2D eigenvalue weighted by atomic mass is 9.99. The van der Waals surface area contributed by atoms with Crippen molar-refractivity contribution < 1.29 is 50.3 Å². The summed E-state index contributed by atoms with van der Waals surface area (Å²) in [6.07, 6.45) is 8.43. The van der Waals surface area contributed by atoms with Crippen LogP contribution in [0.15, 0.2) is 353 Å². The third kappa shape index (κ3) is 33.4. The molecule has 0 unspecified atom stereocenters. The molecule has 11 aromatic carbocycles. The number of anilines is 24. The van der Waals surface area contributed by atoms with Gasteiger partial charge in [0.05, 0.1) is 15.6 Å². The SMILES string of the molecule is C=CC(=O)Nc1cccc(Nc2nc(Nc3ccc(Cl)cc3)ncc2C)c1.C=CC(=O)Nc1cccc(Nc2nc(Nc3cccc(Cl)c3)ncc2C)c1.C=CC(=O)Nc1cccc(Nc2nc(Nc3ccccc3Cl)ncc2C)c1.C=CC(=O)Nc1cccc(Nc2ncc(C(F)(F)F)c(Nc3ccc(Oc4ccccc4)cc3)n2)c1.Cc1cnc(Nc2cccc(S(N)(=O)=O)c2)nc1Nc1ccc2c(c1)CCN(C(=O)CCl)C2. The summed E-state index contributed by atoms with van der Waals surface area (Å²) in [7, 11) is -3.81. The maximum Gasteiger partial charge on any atom is 0.421 e. The van der Waals surface area contributed by atoms with E-state index < -0.39 is 33.5 Å². The Kier molecular flexibility index (Phi) is 38.2. The molecule has 16 aromatic rings. The highest BCUT2D eigenvalue weighted by Crippen LogP contribution is 2.38. The van der Waals surface area contributed by atoms with Crippen LogP contribution in [-0.2, 0) is 53.1 Å². The molecular formula is C108H97Cl4F3N26O8S. The highest BCUT2D eigenvalue weighted by Gasteiger charge is 2.36. The molecule has 0 saturated carbocycles. The standard InChI is InChI=1S/C26H20F3N5O2.C22H23ClN6O3S.3C20H18ClN5O/c1-2-23(35)31-18-7-6-8-19(15-18)33-25-30-16-22(26(27,28)29)24(34-25)32-17-11-13-21(14-12-17)36-20-9-4-3-5-10-20;1-14-12-25-22(27-17-3-2-4-19(10-17)33(24,31)32)28-21(14)26-18-6-5-16-13-29(20(30)11-23)8-7-15(16)9-18;1-3-18(27)23-16-8-5-9-17(11-16)24-19-13(2)12-22-20(26-19)25-15-7-4-6-14(21)10-15;1-3-18(27)23-14-7-6-8-15(11-14)24-19-13(2)12-22-20(26-19)25-17-10-5-4-9-16(17)21;1-3-18(27)23-16-5-4-6-17(11-16)24-19-13(2)12-22-20(26-19)25-15-9-7-14(21)8-10-15/h2-16H,1H2,(H,31,35)(H2,30,32,33,34);2-6,9-10,12H,7-8,11,13H2,1H3,(H2,24,31,32)(H2,25,26,27,28);3*3-12H,1H2,2H3,(H,23,27)(H2,22,24,25,26). The van der Waals surface area contributed by atoms with Gasteiger partial charge in [-0.1, -0.05) is 134 Å². The van der Waals surface area contributed by atoms with Crippen molar-refractivity contribution in [3.05, 3.63) is 403 Å². The van der Waals surface area contributed by atoms with Gasteiger partial charge in [0.1, 0.15) is 52.0 Å². The molecule has 5 aromatic heterocycles. The number of sulfonamides is 1. The molecule has 150 heavy (non-hydrogen) atoms. The van der Waals surface area contributed by atoms with Crippen molar-refractivity contribution in [1.29, 1.82) is 0 Å². The Morgan fingerprint density at radius 1 is 0.373 bits per heavy atom. The van der Waals surface area contributed by atoms with Gasteiger partial charge in [0, 0.05) is 150 Å². The first-order valence-electron chi connectivity index (χ1n) is 45.4. The number of hydrogen-bond acceptors (Lipinski definition) is 28. The van der Waals surface area contributed by atoms with Gasteiger partial charge < -0.3 is 84.1 Å². The molecule has 0 radical (unpaired) electrons. The number of benzene rings is 11. The molecule has 1 aliphatic heterocycles. The number of halogens is 7. The van der Waals surface area contributed by atoms with E-state index in [1.54, 1.807) is 151 Å². The van der Waals surface area contributed by atoms with Gasteiger partial charge in [0.25, 0.3) is 0 Å². The summed E-state index contributed by atoms with van der Waals surface area (Å²) in [6.45, 7) is 22.6. The quantitative estimate of drug-likeness (QED) is 0.0137. The van der Waals surface area contributed by atoms with Gasteiger partial charge in [0.2, 0.25) is 69.3 Å². The number of carbonyl (C=O) groups is 5. The molecule has 762 valence electrons. The molecule has 0 atom stereocenters. The lowest BCUT2D eigenvalue weighted by Crippen LogP contribution is -2.36. The van der Waals surface area contributed by atoms with E-state index in [0.717, 1.165) is 80.1 Å². The van der Waals surface area contributed by atoms with Crippen molar-refractivity contribution >= 4 is 224 Å². The van der Waals surface area contributed by atoms with Crippen LogP contribution >= 0.6 is 46.4 Å². The van der Waals surface area contributed by atoms with E-state index in [0.29, 0.717) is 133 Å². The van der Waals surface area contributed by atoms with E-state index in [-0.39, 0.29) is 40.4 Å². The molecule has 17 rings (SSSR count). The second-order valence-electron chi connectivity index (χ2n) is 32.4. The number of amides is 5. The number of nitrogens with zero attached hydrogens (tertiary/aromatic N) is 11. The first-order chi connectivity index (χ1) is 72.1. The number of nitrogens with two attached hydrogens (primary N) is 1. The van der Waals surface area contributed by atoms with Crippen LogP contribution in [0, 0.1) is 27.7 Å². The van der Waals surface area contributed by atoms with Crippen LogP contribution < -0.4 is 84.3 Å². The Morgan fingerprint density at radius 3 is 1.15 bits per heavy atom. The zero-order chi connectivity index (χ0) is 107. The summed E-state index contributed by atoms with van der Waals surface area (Å²) in [5.41, 5.74) is 14.1. The number of alkyl halides is 4. The van der Waals surface area contributed by atoms with Crippen LogP contribution in [0.1, 0.15) is 38.9 Å². The lowest BCUT2D eigenvalue weighted by molar-refractivity contribution is -0.137. The second-order valence-corrected chi connectivity index (χ2v) is 35.5. The Balaban J connectivity index is 0.000000157. The average molecular weight is 2120 g/mol. The van der Waals surface area contributed by atoms with Gasteiger partial charge in [-0.2, -0.15) is 38.1 Å². The predicted octanol–water partition coefficient (Wildman–Crippen LogP) is 25.1. The Hall–Kier alpha value is -18.2. The summed E-state index contributed by atoms with van der Waals surface area (Å²) in [5.74, 6) is 3.62. The van der Waals surface area contributed by atoms with Crippen LogP contribution in [0.5, 0.6) is 11.5 Å². The number of aromatic nitrogens is 10. The molecule has 34 nitrogen and oxygen atoms in total. The van der Waals surface area contributed by atoms with Crippen molar-refractivity contribution in [2.75, 3.05) is 86.9 Å². The molecule has 1 aliphatic rings. The number of rotatable bonds is 32. The molecule has 5 amide bonds. The minimum atomic E-state index is -4.67. The number of carbonyl (C=O) groups excluding carboxylic acids is 5. The van der Waals surface area contributed by atoms with Crippen molar-refractivity contribution in [3.8, 4) is 11.5 Å². The third-order valence-corrected chi connectivity index (χ3v) is 23.0. The summed E-state index contributed by atoms with van der Waals surface area (Å²) in [4.78, 5) is 103. The second kappa shape index (κ2) is 52.5. The fraction of sp³-hybridized carbons (Fsp3) is 0.0833. The molecule has 0 aliphatic carbocycles. The van der Waals surface area contributed by atoms with Crippen LogP contribution in [0.4, 0.5) is 152 Å². The van der Waals surface area contributed by atoms with Crippen LogP contribution in [-0.4, -0.2) is 105 Å². The van der Waals surface area contributed by atoms with Crippen molar-refractivity contribution in [1.82, 2.24) is 54.7 Å². The van der Waals surface area contributed by atoms with E-state index in [4.69, 9.17) is 56.3 Å². The molecule has 0 fully saturated rings. The number of aryl methyl sites for hydroxylation is 4. The Morgan fingerprint density at radius 2 is 0.720 bits per heavy atom. The monoisotopic (exact) mass is 2110 g/mol. The first-order valence-corrected chi connectivity index (χ1v) is 48.7. The molecule has 16 N–H and O–H groups in total.